The van der Waals surface area contributed by atoms with E-state index in [4.69, 9.17) is 5.73 Å². The molecular formula is C11H17FN2O2S. The first-order valence-electron chi connectivity index (χ1n) is 5.18. The van der Waals surface area contributed by atoms with E-state index in [1.165, 1.54) is 12.1 Å². The highest BCUT2D eigenvalue weighted by Crippen LogP contribution is 2.22. The zero-order valence-electron chi connectivity index (χ0n) is 10.1. The van der Waals surface area contributed by atoms with Crippen molar-refractivity contribution in [3.8, 4) is 0 Å². The highest BCUT2D eigenvalue weighted by atomic mass is 32.2. The van der Waals surface area contributed by atoms with Crippen LogP contribution >= 0.6 is 0 Å². The molecule has 4 nitrogen and oxygen atoms in total. The largest absolute Gasteiger partial charge is 0.326 e. The van der Waals surface area contributed by atoms with Gasteiger partial charge in [0.1, 0.15) is 5.82 Å². The van der Waals surface area contributed by atoms with Gasteiger partial charge in [-0.3, -0.25) is 4.72 Å². The number of hydrogen-bond donors (Lipinski definition) is 2. The third kappa shape index (κ3) is 3.17. The normalized spacial score (nSPS) is 12.5. The van der Waals surface area contributed by atoms with E-state index in [1.807, 2.05) is 0 Å². The Morgan fingerprint density at radius 1 is 1.35 bits per heavy atom. The van der Waals surface area contributed by atoms with Gasteiger partial charge in [-0.25, -0.2) is 12.8 Å². The van der Waals surface area contributed by atoms with Crippen LogP contribution in [0.15, 0.2) is 18.2 Å². The number of sulfonamides is 1. The summed E-state index contributed by atoms with van der Waals surface area (Å²) in [5.41, 5.74) is 5.91. The molecule has 0 atom stereocenters. The highest BCUT2D eigenvalue weighted by Gasteiger charge is 2.29. The smallest absolute Gasteiger partial charge is 0.237 e. The Morgan fingerprint density at radius 2 is 1.94 bits per heavy atom. The Bertz CT molecular complexity index is 507. The molecule has 0 saturated heterocycles. The molecule has 0 spiro atoms. The summed E-state index contributed by atoms with van der Waals surface area (Å²) in [5.74, 6) is -0.624. The van der Waals surface area contributed by atoms with Crippen molar-refractivity contribution in [2.75, 3.05) is 4.72 Å². The molecule has 3 N–H and O–H groups in total. The van der Waals surface area contributed by atoms with Crippen molar-refractivity contribution in [3.05, 3.63) is 29.6 Å². The van der Waals surface area contributed by atoms with Gasteiger partial charge in [-0.2, -0.15) is 0 Å². The minimum Gasteiger partial charge on any atom is -0.326 e. The molecule has 0 aliphatic carbocycles. The van der Waals surface area contributed by atoms with E-state index in [2.05, 4.69) is 4.72 Å². The van der Waals surface area contributed by atoms with Crippen LogP contribution in [0.4, 0.5) is 10.1 Å². The lowest BCUT2D eigenvalue weighted by molar-refractivity contribution is 0.564. The second-order valence-electron chi connectivity index (χ2n) is 4.74. The van der Waals surface area contributed by atoms with Crippen molar-refractivity contribution in [2.45, 2.75) is 32.1 Å². The van der Waals surface area contributed by atoms with Gasteiger partial charge in [-0.15, -0.1) is 0 Å². The molecule has 0 heterocycles. The van der Waals surface area contributed by atoms with Gasteiger partial charge in [-0.1, -0.05) is 6.07 Å². The lowest BCUT2D eigenvalue weighted by atomic mass is 10.2. The average Bonchev–Trinajstić information content (AvgIpc) is 2.19. The predicted molar refractivity (Wildman–Crippen MR) is 66.6 cm³/mol. The minimum absolute atomic E-state index is 0.0582. The van der Waals surface area contributed by atoms with Crippen molar-refractivity contribution in [1.82, 2.24) is 0 Å². The molecule has 0 amide bonds. The molecule has 17 heavy (non-hydrogen) atoms. The molecule has 0 aliphatic rings. The lowest BCUT2D eigenvalue weighted by Gasteiger charge is -2.20. The van der Waals surface area contributed by atoms with Crippen molar-refractivity contribution >= 4 is 15.7 Å². The summed E-state index contributed by atoms with van der Waals surface area (Å²) in [6.07, 6.45) is 0. The van der Waals surface area contributed by atoms with Gasteiger partial charge in [-0.05, 0) is 38.5 Å². The quantitative estimate of drug-likeness (QED) is 0.870. The van der Waals surface area contributed by atoms with Gasteiger partial charge in [0.05, 0.1) is 10.4 Å². The minimum atomic E-state index is -3.61. The molecule has 1 rings (SSSR count). The molecule has 1 aromatic carbocycles. The topological polar surface area (TPSA) is 72.2 Å². The molecule has 1 aromatic rings. The second kappa shape index (κ2) is 4.62. The lowest BCUT2D eigenvalue weighted by Crippen LogP contribution is -2.34. The summed E-state index contributed by atoms with van der Waals surface area (Å²) < 4.78 is 38.5. The number of rotatable bonds is 3. The van der Waals surface area contributed by atoms with Crippen molar-refractivity contribution in [1.29, 1.82) is 0 Å². The summed E-state index contributed by atoms with van der Waals surface area (Å²) in [7, 11) is -3.61. The van der Waals surface area contributed by atoms with Crippen LogP contribution in [0.5, 0.6) is 0 Å². The zero-order chi connectivity index (χ0) is 13.3. The number of nitrogens with one attached hydrogen (secondary N) is 1. The molecule has 6 heteroatoms. The van der Waals surface area contributed by atoms with E-state index < -0.39 is 20.6 Å². The number of nitrogens with two attached hydrogens (primary N) is 1. The maximum atomic E-state index is 13.6. The van der Waals surface area contributed by atoms with Crippen LogP contribution in [-0.2, 0) is 16.6 Å². The van der Waals surface area contributed by atoms with Crippen LogP contribution in [0.2, 0.25) is 0 Å². The van der Waals surface area contributed by atoms with Crippen molar-refractivity contribution < 1.29 is 12.8 Å². The third-order valence-electron chi connectivity index (χ3n) is 2.32. The highest BCUT2D eigenvalue weighted by molar-refractivity contribution is 7.94. The van der Waals surface area contributed by atoms with Gasteiger partial charge in [0, 0.05) is 6.54 Å². The van der Waals surface area contributed by atoms with Gasteiger partial charge in [0.2, 0.25) is 10.0 Å². The van der Waals surface area contributed by atoms with Crippen LogP contribution < -0.4 is 10.5 Å². The number of anilines is 1. The summed E-state index contributed by atoms with van der Waals surface area (Å²) in [4.78, 5) is 0. The van der Waals surface area contributed by atoms with E-state index in [-0.39, 0.29) is 12.2 Å². The van der Waals surface area contributed by atoms with Gasteiger partial charge in [0.15, 0.2) is 0 Å². The van der Waals surface area contributed by atoms with E-state index in [9.17, 15) is 12.8 Å². The maximum absolute atomic E-state index is 13.6. The number of halogens is 1. The molecule has 0 saturated carbocycles. The van der Waals surface area contributed by atoms with Crippen molar-refractivity contribution in [3.63, 3.8) is 0 Å². The molecule has 0 bridgehead atoms. The first kappa shape index (κ1) is 13.9. The van der Waals surface area contributed by atoms with Crippen LogP contribution in [0.25, 0.3) is 0 Å². The summed E-state index contributed by atoms with van der Waals surface area (Å²) in [6.45, 7) is 4.84. The molecule has 96 valence electrons. The zero-order valence-corrected chi connectivity index (χ0v) is 10.9. The Hall–Kier alpha value is -1.14. The average molecular weight is 260 g/mol. The maximum Gasteiger partial charge on any atom is 0.237 e. The molecule has 0 unspecified atom stereocenters. The molecule has 0 fully saturated rings. The molecular weight excluding hydrogens is 243 g/mol. The summed E-state index contributed by atoms with van der Waals surface area (Å²) in [6, 6.07) is 4.19. The third-order valence-corrected chi connectivity index (χ3v) is 4.42. The predicted octanol–water partition coefficient (Wildman–Crippen LogP) is 1.82. The molecule has 0 aromatic heterocycles. The van der Waals surface area contributed by atoms with Crippen LogP contribution in [0.1, 0.15) is 26.3 Å². The van der Waals surface area contributed by atoms with Crippen molar-refractivity contribution in [2.24, 2.45) is 5.73 Å². The van der Waals surface area contributed by atoms with Gasteiger partial charge >= 0.3 is 0 Å². The second-order valence-corrected chi connectivity index (χ2v) is 7.17. The standard InChI is InChI=1S/C11H17FN2O2S/c1-11(2,3)17(15,16)14-10-5-4-8(7-13)6-9(10)12/h4-6,14H,7,13H2,1-3H3. The number of hydrogen-bond acceptors (Lipinski definition) is 3. The van der Waals surface area contributed by atoms with E-state index in [1.54, 1.807) is 26.8 Å². The molecule has 0 aliphatic heterocycles. The summed E-state index contributed by atoms with van der Waals surface area (Å²) in [5, 5.41) is 0. The Morgan fingerprint density at radius 3 is 2.35 bits per heavy atom. The van der Waals surface area contributed by atoms with E-state index >= 15 is 0 Å². The Kier molecular flexibility index (Phi) is 3.78. The Balaban J connectivity index is 3.05. The van der Waals surface area contributed by atoms with Gasteiger partial charge in [0.25, 0.3) is 0 Å². The first-order valence-corrected chi connectivity index (χ1v) is 6.66. The molecule has 0 radical (unpaired) electrons. The fourth-order valence-electron chi connectivity index (χ4n) is 1.07. The fourth-order valence-corrected chi connectivity index (χ4v) is 1.83. The van der Waals surface area contributed by atoms with E-state index in [0.29, 0.717) is 5.56 Å². The SMILES string of the molecule is CC(C)(C)S(=O)(=O)Nc1ccc(CN)cc1F. The van der Waals surface area contributed by atoms with Gasteiger partial charge < -0.3 is 5.73 Å². The first-order chi connectivity index (χ1) is 7.67. The van der Waals surface area contributed by atoms with Crippen LogP contribution in [-0.4, -0.2) is 13.2 Å². The fraction of sp³-hybridized carbons (Fsp3) is 0.455. The summed E-state index contributed by atoms with van der Waals surface area (Å²) >= 11 is 0. The van der Waals surface area contributed by atoms with E-state index in [0.717, 1.165) is 0 Å². The van der Waals surface area contributed by atoms with Crippen LogP contribution in [0, 0.1) is 5.82 Å². The monoisotopic (exact) mass is 260 g/mol. The van der Waals surface area contributed by atoms with Crippen LogP contribution in [0.3, 0.4) is 0 Å². The number of benzene rings is 1. The Labute approximate surface area is 101 Å².